The van der Waals surface area contributed by atoms with Crippen LogP contribution in [0.15, 0.2) is 52.9 Å². The molecule has 172 valence electrons. The molecule has 1 atom stereocenters. The Kier molecular flexibility index (Phi) is 6.86. The number of nitrogens with one attached hydrogen (secondary N) is 1. The Morgan fingerprint density at radius 3 is 2.97 bits per heavy atom. The van der Waals surface area contributed by atoms with Crippen LogP contribution in [0.3, 0.4) is 0 Å². The second-order valence-electron chi connectivity index (χ2n) is 9.30. The van der Waals surface area contributed by atoms with Gasteiger partial charge in [-0.15, -0.1) is 11.3 Å². The van der Waals surface area contributed by atoms with Crippen molar-refractivity contribution < 1.29 is 4.39 Å². The summed E-state index contributed by atoms with van der Waals surface area (Å²) in [5, 5.41) is 8.23. The Morgan fingerprint density at radius 2 is 2.12 bits per heavy atom. The van der Waals surface area contributed by atoms with E-state index in [1.807, 2.05) is 41.4 Å². The van der Waals surface area contributed by atoms with Crippen LogP contribution in [0.1, 0.15) is 36.3 Å². The van der Waals surface area contributed by atoms with Crippen molar-refractivity contribution >= 4 is 34.2 Å². The first-order valence-electron chi connectivity index (χ1n) is 11.7. The van der Waals surface area contributed by atoms with Gasteiger partial charge in [0, 0.05) is 47.5 Å². The van der Waals surface area contributed by atoms with Crippen molar-refractivity contribution in [1.29, 1.82) is 0 Å². The molecule has 1 unspecified atom stereocenters. The fourth-order valence-corrected chi connectivity index (χ4v) is 7.17. The molecule has 2 aliphatic rings. The van der Waals surface area contributed by atoms with E-state index in [4.69, 9.17) is 4.98 Å². The molecule has 0 saturated carbocycles. The largest absolute Gasteiger partial charge is 0.366 e. The van der Waals surface area contributed by atoms with Crippen molar-refractivity contribution in [2.24, 2.45) is 5.92 Å². The Bertz CT molecular complexity index is 1250. The highest BCUT2D eigenvalue weighted by Gasteiger charge is 2.26. The van der Waals surface area contributed by atoms with Crippen LogP contribution in [0.2, 0.25) is 0 Å². The van der Waals surface area contributed by atoms with E-state index >= 15 is 0 Å². The summed E-state index contributed by atoms with van der Waals surface area (Å²) in [6.45, 7) is 7.40. The van der Waals surface area contributed by atoms with Gasteiger partial charge in [0.25, 0.3) is 0 Å². The van der Waals surface area contributed by atoms with Crippen LogP contribution in [0.5, 0.6) is 0 Å². The fourth-order valence-electron chi connectivity index (χ4n) is 4.71. The molecule has 1 aromatic carbocycles. The van der Waals surface area contributed by atoms with Gasteiger partial charge < -0.3 is 10.2 Å². The van der Waals surface area contributed by atoms with Gasteiger partial charge in [0.2, 0.25) is 0 Å². The van der Waals surface area contributed by atoms with E-state index in [0.717, 1.165) is 49.8 Å². The summed E-state index contributed by atoms with van der Waals surface area (Å²) in [4.78, 5) is 8.83. The molecule has 0 radical (unpaired) electrons. The number of thioether (sulfide) groups is 1. The third kappa shape index (κ3) is 5.18. The monoisotopic (exact) mass is 479 g/mol. The van der Waals surface area contributed by atoms with Crippen molar-refractivity contribution in [2.45, 2.75) is 43.4 Å². The maximum atomic E-state index is 13.6. The summed E-state index contributed by atoms with van der Waals surface area (Å²) in [6, 6.07) is 13.9. The van der Waals surface area contributed by atoms with Gasteiger partial charge in [-0.1, -0.05) is 43.8 Å². The van der Waals surface area contributed by atoms with E-state index in [-0.39, 0.29) is 5.82 Å². The lowest BCUT2D eigenvalue weighted by Crippen LogP contribution is -2.51. The zero-order chi connectivity index (χ0) is 22.8. The molecule has 5 rings (SSSR count). The van der Waals surface area contributed by atoms with E-state index in [1.54, 1.807) is 12.1 Å². The van der Waals surface area contributed by atoms with Gasteiger partial charge in [0.1, 0.15) is 5.82 Å². The average molecular weight is 480 g/mol. The lowest BCUT2D eigenvalue weighted by Gasteiger charge is -2.36. The first kappa shape index (κ1) is 22.6. The molecular weight excluding hydrogens is 449 g/mol. The molecule has 1 fully saturated rings. The molecule has 33 heavy (non-hydrogen) atoms. The SMILES string of the molecule is CC(C)Cc1cc2c(s1)SC=c1cccnc1=C2N1CCNC(CCc2cccc(F)c2)C1. The third-order valence-electron chi connectivity index (χ3n) is 6.21. The molecule has 1 saturated heterocycles. The highest BCUT2D eigenvalue weighted by molar-refractivity contribution is 8.08. The highest BCUT2D eigenvalue weighted by Crippen LogP contribution is 2.39. The summed E-state index contributed by atoms with van der Waals surface area (Å²) >= 11 is 3.76. The molecule has 6 heteroatoms. The first-order chi connectivity index (χ1) is 16.1. The third-order valence-corrected chi connectivity index (χ3v) is 8.51. The summed E-state index contributed by atoms with van der Waals surface area (Å²) in [5.41, 5.74) is 3.66. The predicted molar refractivity (Wildman–Crippen MR) is 137 cm³/mol. The number of pyridine rings is 1. The Hall–Kier alpha value is -2.15. The van der Waals surface area contributed by atoms with E-state index in [9.17, 15) is 4.39 Å². The molecule has 3 nitrogen and oxygen atoms in total. The van der Waals surface area contributed by atoms with Gasteiger partial charge in [-0.25, -0.2) is 4.39 Å². The normalized spacial score (nSPS) is 18.0. The quantitative estimate of drug-likeness (QED) is 0.568. The number of rotatable bonds is 6. The molecule has 0 bridgehead atoms. The van der Waals surface area contributed by atoms with Crippen molar-refractivity contribution in [3.63, 3.8) is 0 Å². The van der Waals surface area contributed by atoms with E-state index in [2.05, 4.69) is 41.6 Å². The summed E-state index contributed by atoms with van der Waals surface area (Å²) < 4.78 is 15.0. The maximum Gasteiger partial charge on any atom is 0.123 e. The van der Waals surface area contributed by atoms with E-state index < -0.39 is 0 Å². The number of hydrogen-bond donors (Lipinski definition) is 1. The number of fused-ring (bicyclic) bond motifs is 2. The number of halogens is 1. The summed E-state index contributed by atoms with van der Waals surface area (Å²) in [5.74, 6) is 0.486. The van der Waals surface area contributed by atoms with E-state index in [0.29, 0.717) is 12.0 Å². The Labute approximate surface area is 203 Å². The minimum atomic E-state index is -0.154. The second-order valence-corrected chi connectivity index (χ2v) is 11.6. The molecule has 2 aliphatic heterocycles. The zero-order valence-electron chi connectivity index (χ0n) is 19.2. The number of aryl methyl sites for hydroxylation is 1. The van der Waals surface area contributed by atoms with Crippen molar-refractivity contribution in [3.8, 4) is 0 Å². The molecular formula is C27H30FN3S2. The number of hydrogen-bond acceptors (Lipinski definition) is 5. The van der Waals surface area contributed by atoms with E-state index in [1.165, 1.54) is 31.6 Å². The average Bonchev–Trinajstić information content (AvgIpc) is 3.12. The molecule has 4 heterocycles. The smallest absolute Gasteiger partial charge is 0.123 e. The zero-order valence-corrected chi connectivity index (χ0v) is 20.8. The molecule has 2 aromatic heterocycles. The maximum absolute atomic E-state index is 13.6. The lowest BCUT2D eigenvalue weighted by atomic mass is 10.0. The number of benzene rings is 1. The van der Waals surface area contributed by atoms with Crippen LogP contribution in [-0.4, -0.2) is 35.6 Å². The topological polar surface area (TPSA) is 28.2 Å². The molecule has 1 N–H and O–H groups in total. The minimum Gasteiger partial charge on any atom is -0.366 e. The van der Waals surface area contributed by atoms with Gasteiger partial charge in [-0.05, 0) is 60.4 Å². The standard InChI is InChI=1S/C27H30FN3S2/c1-18(2)13-23-15-24-26(25-20(6-4-10-30-25)17-32-27(24)33-23)31-12-11-29-22(16-31)9-8-19-5-3-7-21(28)14-19/h3-7,10,14-15,17-18,22,29H,8-9,11-13,16H2,1-2H3. The number of nitrogens with zero attached hydrogens (tertiary/aromatic N) is 2. The Balaban J connectivity index is 1.46. The number of thiophene rings is 1. The minimum absolute atomic E-state index is 0.154. The predicted octanol–water partition coefficient (Wildman–Crippen LogP) is 4.39. The van der Waals surface area contributed by atoms with Gasteiger partial charge in [-0.2, -0.15) is 0 Å². The second kappa shape index (κ2) is 10.00. The van der Waals surface area contributed by atoms with Gasteiger partial charge in [-0.3, -0.25) is 4.98 Å². The molecule has 3 aromatic rings. The molecule has 0 aliphatic carbocycles. The number of piperazine rings is 1. The molecule has 0 spiro atoms. The van der Waals surface area contributed by atoms with Crippen molar-refractivity contribution in [2.75, 3.05) is 19.6 Å². The van der Waals surface area contributed by atoms with Crippen LogP contribution in [0.4, 0.5) is 4.39 Å². The highest BCUT2D eigenvalue weighted by atomic mass is 32.2. The summed E-state index contributed by atoms with van der Waals surface area (Å²) in [7, 11) is 0. The Morgan fingerprint density at radius 1 is 1.21 bits per heavy atom. The van der Waals surface area contributed by atoms with Gasteiger partial charge in [0.15, 0.2) is 0 Å². The van der Waals surface area contributed by atoms with Crippen molar-refractivity contribution in [1.82, 2.24) is 15.2 Å². The van der Waals surface area contributed by atoms with Crippen LogP contribution in [0.25, 0.3) is 11.1 Å². The van der Waals surface area contributed by atoms with Gasteiger partial charge >= 0.3 is 0 Å². The van der Waals surface area contributed by atoms with Gasteiger partial charge in [0.05, 0.1) is 15.3 Å². The fraction of sp³-hybridized carbons (Fsp3) is 0.370. The van der Waals surface area contributed by atoms with Crippen LogP contribution >= 0.6 is 23.1 Å². The lowest BCUT2D eigenvalue weighted by molar-refractivity contribution is 0.268. The van der Waals surface area contributed by atoms with Crippen LogP contribution < -0.4 is 15.9 Å². The molecule has 0 amide bonds. The summed E-state index contributed by atoms with van der Waals surface area (Å²) in [6.07, 6.45) is 4.88. The van der Waals surface area contributed by atoms with Crippen LogP contribution in [-0.2, 0) is 12.8 Å². The van der Waals surface area contributed by atoms with Crippen molar-refractivity contribution in [3.05, 3.63) is 81.1 Å². The van der Waals surface area contributed by atoms with Crippen LogP contribution in [0, 0.1) is 11.7 Å². The number of aromatic nitrogens is 1. The first-order valence-corrected chi connectivity index (χ1v) is 13.4.